The fourth-order valence-corrected chi connectivity index (χ4v) is 5.91. The molecule has 9 nitrogen and oxygen atoms in total. The summed E-state index contributed by atoms with van der Waals surface area (Å²) in [6, 6.07) is 4.44. The Morgan fingerprint density at radius 3 is 2.35 bits per heavy atom. The van der Waals surface area contributed by atoms with Gasteiger partial charge in [-0.2, -0.15) is 0 Å². The average molecular weight is 495 g/mol. The number of ether oxygens (including phenoxy) is 1. The third-order valence-electron chi connectivity index (χ3n) is 6.24. The molecule has 0 radical (unpaired) electrons. The number of hydrogen-bond acceptors (Lipinski definition) is 6. The van der Waals surface area contributed by atoms with Crippen LogP contribution in [0.15, 0.2) is 23.1 Å². The summed E-state index contributed by atoms with van der Waals surface area (Å²) in [6.07, 6.45) is 2.79. The number of benzene rings is 1. The molecule has 2 amide bonds. The van der Waals surface area contributed by atoms with Gasteiger partial charge < -0.3 is 19.9 Å². The van der Waals surface area contributed by atoms with Gasteiger partial charge in [0.2, 0.25) is 15.9 Å². The highest BCUT2D eigenvalue weighted by Gasteiger charge is 2.32. The van der Waals surface area contributed by atoms with Gasteiger partial charge in [-0.15, -0.1) is 0 Å². The van der Waals surface area contributed by atoms with Crippen LogP contribution in [-0.2, 0) is 14.8 Å². The summed E-state index contributed by atoms with van der Waals surface area (Å²) in [5, 5.41) is 3.07. The second kappa shape index (κ2) is 10.6. The molecule has 0 spiro atoms. The number of piperidine rings is 1. The number of likely N-dealkylation sites (tertiary alicyclic amines) is 1. The van der Waals surface area contributed by atoms with Crippen LogP contribution in [0.4, 0.5) is 0 Å². The van der Waals surface area contributed by atoms with E-state index in [1.54, 1.807) is 11.0 Å². The van der Waals surface area contributed by atoms with Crippen molar-refractivity contribution in [3.05, 3.63) is 23.8 Å². The Morgan fingerprint density at radius 2 is 1.79 bits per heavy atom. The van der Waals surface area contributed by atoms with Crippen molar-refractivity contribution in [2.75, 3.05) is 47.4 Å². The van der Waals surface area contributed by atoms with E-state index in [0.717, 1.165) is 19.4 Å². The Hall–Kier alpha value is -2.17. The van der Waals surface area contributed by atoms with E-state index >= 15 is 0 Å². The SMILES string of the molecule is COc1ccc(C(=O)N2CCC(C(=O)NCC(C)(C)CN(C)C)CC2)cc1S(=O)(=O)NC1CC1. The summed E-state index contributed by atoms with van der Waals surface area (Å²) >= 11 is 0. The predicted molar refractivity (Wildman–Crippen MR) is 130 cm³/mol. The van der Waals surface area contributed by atoms with Crippen LogP contribution in [0.25, 0.3) is 0 Å². The van der Waals surface area contributed by atoms with E-state index in [4.69, 9.17) is 4.74 Å². The molecular weight excluding hydrogens is 456 g/mol. The molecule has 1 aromatic carbocycles. The lowest BCUT2D eigenvalue weighted by Gasteiger charge is -2.33. The number of sulfonamides is 1. The Kier molecular flexibility index (Phi) is 8.26. The highest BCUT2D eigenvalue weighted by Crippen LogP contribution is 2.29. The minimum absolute atomic E-state index is 0.0256. The Bertz CT molecular complexity index is 997. The van der Waals surface area contributed by atoms with E-state index in [0.29, 0.717) is 38.0 Å². The van der Waals surface area contributed by atoms with Gasteiger partial charge in [0.1, 0.15) is 10.6 Å². The fraction of sp³-hybridized carbons (Fsp3) is 0.667. The van der Waals surface area contributed by atoms with Gasteiger partial charge in [0, 0.05) is 43.7 Å². The smallest absolute Gasteiger partial charge is 0.253 e. The second-order valence-electron chi connectivity index (χ2n) is 10.4. The lowest BCUT2D eigenvalue weighted by molar-refractivity contribution is -0.126. The Balaban J connectivity index is 1.60. The molecule has 1 saturated carbocycles. The van der Waals surface area contributed by atoms with Gasteiger partial charge >= 0.3 is 0 Å². The molecule has 2 N–H and O–H groups in total. The molecule has 190 valence electrons. The molecule has 2 aliphatic rings. The zero-order valence-corrected chi connectivity index (χ0v) is 21.7. The zero-order valence-electron chi connectivity index (χ0n) is 20.9. The first kappa shape index (κ1) is 26.4. The van der Waals surface area contributed by atoms with Gasteiger partial charge in [0.15, 0.2) is 0 Å². The topological polar surface area (TPSA) is 108 Å². The van der Waals surface area contributed by atoms with Gasteiger partial charge in [-0.05, 0) is 63.4 Å². The van der Waals surface area contributed by atoms with Gasteiger partial charge in [-0.25, -0.2) is 13.1 Å². The number of amides is 2. The standard InChI is InChI=1S/C24H38N4O5S/c1-24(2,16-27(3)4)15-25-22(29)17-10-12-28(13-11-17)23(30)18-6-9-20(33-5)21(14-18)34(31,32)26-19-7-8-19/h6,9,14,17,19,26H,7-8,10-13,15-16H2,1-5H3,(H,25,29). The van der Waals surface area contributed by atoms with Crippen molar-refractivity contribution in [2.24, 2.45) is 11.3 Å². The Labute approximate surface area is 203 Å². The van der Waals surface area contributed by atoms with Crippen molar-refractivity contribution in [3.63, 3.8) is 0 Å². The molecule has 1 saturated heterocycles. The maximum atomic E-state index is 13.1. The van der Waals surface area contributed by atoms with E-state index in [1.165, 1.54) is 19.2 Å². The van der Waals surface area contributed by atoms with Crippen LogP contribution >= 0.6 is 0 Å². The number of nitrogens with zero attached hydrogens (tertiary/aromatic N) is 2. The molecule has 34 heavy (non-hydrogen) atoms. The molecule has 0 atom stereocenters. The van der Waals surface area contributed by atoms with Gasteiger partial charge in [-0.1, -0.05) is 13.8 Å². The first-order chi connectivity index (χ1) is 15.9. The number of carbonyl (C=O) groups is 2. The number of methoxy groups -OCH3 is 1. The van der Waals surface area contributed by atoms with Crippen LogP contribution in [0.3, 0.4) is 0 Å². The van der Waals surface area contributed by atoms with Crippen molar-refractivity contribution in [1.82, 2.24) is 19.8 Å². The molecule has 0 bridgehead atoms. The first-order valence-electron chi connectivity index (χ1n) is 11.8. The maximum absolute atomic E-state index is 13.1. The van der Waals surface area contributed by atoms with E-state index in [-0.39, 0.29) is 39.8 Å². The molecule has 0 aromatic heterocycles. The minimum Gasteiger partial charge on any atom is -0.495 e. The molecule has 1 aliphatic heterocycles. The molecule has 10 heteroatoms. The van der Waals surface area contributed by atoms with Gasteiger partial charge in [0.25, 0.3) is 5.91 Å². The highest BCUT2D eigenvalue weighted by molar-refractivity contribution is 7.89. The maximum Gasteiger partial charge on any atom is 0.253 e. The summed E-state index contributed by atoms with van der Waals surface area (Å²) in [6.45, 7) is 6.62. The minimum atomic E-state index is -3.77. The van der Waals surface area contributed by atoms with Crippen molar-refractivity contribution in [2.45, 2.75) is 50.5 Å². The van der Waals surface area contributed by atoms with Crippen LogP contribution < -0.4 is 14.8 Å². The highest BCUT2D eigenvalue weighted by atomic mass is 32.2. The second-order valence-corrected chi connectivity index (χ2v) is 12.1. The van der Waals surface area contributed by atoms with Crippen molar-refractivity contribution >= 4 is 21.8 Å². The predicted octanol–water partition coefficient (Wildman–Crippen LogP) is 1.69. The quantitative estimate of drug-likeness (QED) is 0.513. The third kappa shape index (κ3) is 6.93. The lowest BCUT2D eigenvalue weighted by Crippen LogP contribution is -2.46. The van der Waals surface area contributed by atoms with Crippen LogP contribution in [0.5, 0.6) is 5.75 Å². The normalized spacial score (nSPS) is 17.6. The molecule has 1 aromatic rings. The molecular formula is C24H38N4O5S. The Morgan fingerprint density at radius 1 is 1.15 bits per heavy atom. The van der Waals surface area contributed by atoms with Crippen LogP contribution in [0.1, 0.15) is 49.9 Å². The molecule has 3 rings (SSSR count). The van der Waals surface area contributed by atoms with Crippen LogP contribution in [0.2, 0.25) is 0 Å². The first-order valence-corrected chi connectivity index (χ1v) is 13.3. The molecule has 2 fully saturated rings. The number of nitrogens with one attached hydrogen (secondary N) is 2. The zero-order chi connectivity index (χ0) is 25.1. The summed E-state index contributed by atoms with van der Waals surface area (Å²) in [4.78, 5) is 29.6. The number of hydrogen-bond donors (Lipinski definition) is 2. The monoisotopic (exact) mass is 494 g/mol. The van der Waals surface area contributed by atoms with Gasteiger partial charge in [0.05, 0.1) is 7.11 Å². The van der Waals surface area contributed by atoms with Crippen LogP contribution in [0, 0.1) is 11.3 Å². The number of rotatable bonds is 10. The van der Waals surface area contributed by atoms with E-state index in [9.17, 15) is 18.0 Å². The van der Waals surface area contributed by atoms with Crippen molar-refractivity contribution in [3.8, 4) is 5.75 Å². The largest absolute Gasteiger partial charge is 0.495 e. The van der Waals surface area contributed by atoms with E-state index < -0.39 is 10.0 Å². The molecule has 0 unspecified atom stereocenters. The average Bonchev–Trinajstić information content (AvgIpc) is 3.59. The van der Waals surface area contributed by atoms with Crippen molar-refractivity contribution in [1.29, 1.82) is 0 Å². The number of carbonyl (C=O) groups excluding carboxylic acids is 2. The van der Waals surface area contributed by atoms with Gasteiger partial charge in [-0.3, -0.25) is 9.59 Å². The molecule has 1 heterocycles. The summed E-state index contributed by atoms with van der Waals surface area (Å²) < 4.78 is 33.4. The molecule has 1 aliphatic carbocycles. The lowest BCUT2D eigenvalue weighted by atomic mass is 9.91. The van der Waals surface area contributed by atoms with Crippen LogP contribution in [-0.4, -0.2) is 83.5 Å². The summed E-state index contributed by atoms with van der Waals surface area (Å²) in [5.74, 6) is -0.134. The summed E-state index contributed by atoms with van der Waals surface area (Å²) in [5.41, 5.74) is 0.265. The van der Waals surface area contributed by atoms with E-state index in [1.807, 2.05) is 14.1 Å². The third-order valence-corrected chi connectivity index (χ3v) is 7.78. The summed E-state index contributed by atoms with van der Waals surface area (Å²) in [7, 11) is 1.66. The van der Waals surface area contributed by atoms with E-state index in [2.05, 4.69) is 28.8 Å². The fourth-order valence-electron chi connectivity index (χ4n) is 4.41. The van der Waals surface area contributed by atoms with Crippen molar-refractivity contribution < 1.29 is 22.7 Å².